The first-order chi connectivity index (χ1) is 10.8. The second-order valence-electron chi connectivity index (χ2n) is 6.74. The van der Waals surface area contributed by atoms with Crippen LogP contribution in [-0.4, -0.2) is 80.8 Å². The number of likely N-dealkylation sites (tertiary alicyclic amines) is 1. The minimum absolute atomic E-state index is 0. The third kappa shape index (κ3) is 7.42. The molecule has 0 unspecified atom stereocenters. The van der Waals surface area contributed by atoms with Crippen LogP contribution in [0, 0.1) is 0 Å². The average molecular weight is 455 g/mol. The average Bonchev–Trinajstić information content (AvgIpc) is 2.52. The van der Waals surface area contributed by atoms with Crippen molar-refractivity contribution in [3.8, 4) is 0 Å². The van der Waals surface area contributed by atoms with E-state index < -0.39 is 0 Å². The fourth-order valence-corrected chi connectivity index (χ4v) is 2.27. The van der Waals surface area contributed by atoms with Crippen molar-refractivity contribution in [2.75, 3.05) is 47.4 Å². The topological polar surface area (TPSA) is 69.2 Å². The van der Waals surface area contributed by atoms with Crippen LogP contribution in [0.25, 0.3) is 0 Å². The van der Waals surface area contributed by atoms with Gasteiger partial charge < -0.3 is 25.2 Å². The van der Waals surface area contributed by atoms with Crippen LogP contribution < -0.4 is 10.6 Å². The standard InChI is InChI=1S/C16H33N5O2.HI/c1-7-23-15(22)21-10-8-13(9-11-21)19-14(17-4)18-12-16(2,3)20(5)6;/h13H,7-12H2,1-6H3,(H2,17,18,19);1H. The Kier molecular flexibility index (Phi) is 10.6. The van der Waals surface area contributed by atoms with Gasteiger partial charge in [0.25, 0.3) is 0 Å². The van der Waals surface area contributed by atoms with E-state index in [1.165, 1.54) is 0 Å². The molecule has 1 aliphatic heterocycles. The number of piperidine rings is 1. The van der Waals surface area contributed by atoms with E-state index in [0.29, 0.717) is 12.6 Å². The summed E-state index contributed by atoms with van der Waals surface area (Å²) in [7, 11) is 5.93. The highest BCUT2D eigenvalue weighted by atomic mass is 127. The molecule has 1 saturated heterocycles. The molecule has 0 radical (unpaired) electrons. The number of hydrogen-bond donors (Lipinski definition) is 2. The maximum absolute atomic E-state index is 11.7. The molecular weight excluding hydrogens is 421 g/mol. The summed E-state index contributed by atoms with van der Waals surface area (Å²) in [4.78, 5) is 20.0. The molecule has 7 nitrogen and oxygen atoms in total. The first-order valence-corrected chi connectivity index (χ1v) is 8.36. The molecule has 1 aliphatic rings. The van der Waals surface area contributed by atoms with Gasteiger partial charge in [-0.25, -0.2) is 4.79 Å². The van der Waals surface area contributed by atoms with Gasteiger partial charge >= 0.3 is 6.09 Å². The fourth-order valence-electron chi connectivity index (χ4n) is 2.27. The van der Waals surface area contributed by atoms with Gasteiger partial charge in [0.2, 0.25) is 0 Å². The van der Waals surface area contributed by atoms with Crippen molar-refractivity contribution in [1.82, 2.24) is 20.4 Å². The highest BCUT2D eigenvalue weighted by Crippen LogP contribution is 2.12. The van der Waals surface area contributed by atoms with E-state index in [0.717, 1.165) is 38.4 Å². The molecule has 8 heteroatoms. The second-order valence-corrected chi connectivity index (χ2v) is 6.74. The summed E-state index contributed by atoms with van der Waals surface area (Å²) < 4.78 is 5.04. The van der Waals surface area contributed by atoms with E-state index in [1.807, 2.05) is 6.92 Å². The highest BCUT2D eigenvalue weighted by Gasteiger charge is 2.25. The molecule has 0 aromatic heterocycles. The van der Waals surface area contributed by atoms with Crippen molar-refractivity contribution in [3.05, 3.63) is 0 Å². The molecule has 2 N–H and O–H groups in total. The zero-order chi connectivity index (χ0) is 17.5. The lowest BCUT2D eigenvalue weighted by molar-refractivity contribution is 0.0962. The van der Waals surface area contributed by atoms with Crippen LogP contribution in [0.3, 0.4) is 0 Å². The number of nitrogens with one attached hydrogen (secondary N) is 2. The van der Waals surface area contributed by atoms with Gasteiger partial charge in [0, 0.05) is 38.3 Å². The number of halogens is 1. The Morgan fingerprint density at radius 1 is 1.33 bits per heavy atom. The van der Waals surface area contributed by atoms with Crippen LogP contribution in [0.1, 0.15) is 33.6 Å². The summed E-state index contributed by atoms with van der Waals surface area (Å²) in [6, 6.07) is 0.328. The summed E-state index contributed by atoms with van der Waals surface area (Å²) in [6.45, 7) is 8.87. The summed E-state index contributed by atoms with van der Waals surface area (Å²) in [5.41, 5.74) is 0.0465. The van der Waals surface area contributed by atoms with E-state index in [-0.39, 0.29) is 35.6 Å². The van der Waals surface area contributed by atoms with Crippen LogP contribution in [0.2, 0.25) is 0 Å². The molecule has 1 rings (SSSR count). The van der Waals surface area contributed by atoms with Gasteiger partial charge in [-0.05, 0) is 47.7 Å². The maximum atomic E-state index is 11.7. The molecule has 24 heavy (non-hydrogen) atoms. The number of amides is 1. The normalized spacial score (nSPS) is 16.6. The van der Waals surface area contributed by atoms with Crippen molar-refractivity contribution in [2.24, 2.45) is 4.99 Å². The van der Waals surface area contributed by atoms with Gasteiger partial charge in [-0.1, -0.05) is 0 Å². The monoisotopic (exact) mass is 455 g/mol. The minimum Gasteiger partial charge on any atom is -0.450 e. The van der Waals surface area contributed by atoms with Crippen molar-refractivity contribution >= 4 is 36.0 Å². The third-order valence-electron chi connectivity index (χ3n) is 4.48. The summed E-state index contributed by atoms with van der Waals surface area (Å²) in [5.74, 6) is 0.814. The van der Waals surface area contributed by atoms with Crippen molar-refractivity contribution in [1.29, 1.82) is 0 Å². The Labute approximate surface area is 163 Å². The maximum Gasteiger partial charge on any atom is 0.409 e. The Morgan fingerprint density at radius 2 is 1.92 bits per heavy atom. The Bertz CT molecular complexity index is 407. The lowest BCUT2D eigenvalue weighted by Crippen LogP contribution is -2.54. The number of hydrogen-bond acceptors (Lipinski definition) is 4. The predicted molar refractivity (Wildman–Crippen MR) is 109 cm³/mol. The first-order valence-electron chi connectivity index (χ1n) is 8.36. The van der Waals surface area contributed by atoms with E-state index in [4.69, 9.17) is 4.74 Å². The molecule has 0 saturated carbocycles. The summed E-state index contributed by atoms with van der Waals surface area (Å²) >= 11 is 0. The van der Waals surface area contributed by atoms with Crippen LogP contribution in [0.4, 0.5) is 4.79 Å². The van der Waals surface area contributed by atoms with Gasteiger partial charge in [0.15, 0.2) is 5.96 Å². The van der Waals surface area contributed by atoms with Gasteiger partial charge in [-0.2, -0.15) is 0 Å². The predicted octanol–water partition coefficient (Wildman–Crippen LogP) is 1.73. The number of likely N-dealkylation sites (N-methyl/N-ethyl adjacent to an activating group) is 1. The number of carbonyl (C=O) groups is 1. The van der Waals surface area contributed by atoms with Crippen LogP contribution in [0.15, 0.2) is 4.99 Å². The van der Waals surface area contributed by atoms with Gasteiger partial charge in [0.1, 0.15) is 0 Å². The van der Waals surface area contributed by atoms with Crippen molar-refractivity contribution < 1.29 is 9.53 Å². The molecule has 1 heterocycles. The number of guanidine groups is 1. The number of carbonyl (C=O) groups excluding carboxylic acids is 1. The van der Waals surface area contributed by atoms with Crippen LogP contribution >= 0.6 is 24.0 Å². The summed E-state index contributed by atoms with van der Waals surface area (Å²) in [5, 5.41) is 6.83. The van der Waals surface area contributed by atoms with Crippen molar-refractivity contribution in [3.63, 3.8) is 0 Å². The molecule has 0 bridgehead atoms. The smallest absolute Gasteiger partial charge is 0.409 e. The van der Waals surface area contributed by atoms with Gasteiger partial charge in [-0.3, -0.25) is 4.99 Å². The Balaban J connectivity index is 0.00000529. The summed E-state index contributed by atoms with van der Waals surface area (Å²) in [6.07, 6.45) is 1.59. The molecule has 1 amide bonds. The zero-order valence-corrected chi connectivity index (χ0v) is 18.2. The van der Waals surface area contributed by atoms with Crippen molar-refractivity contribution in [2.45, 2.75) is 45.2 Å². The van der Waals surface area contributed by atoms with E-state index in [9.17, 15) is 4.79 Å². The van der Waals surface area contributed by atoms with E-state index in [1.54, 1.807) is 11.9 Å². The van der Waals surface area contributed by atoms with E-state index in [2.05, 4.69) is 48.5 Å². The lowest BCUT2D eigenvalue weighted by atomic mass is 10.0. The lowest BCUT2D eigenvalue weighted by Gasteiger charge is -2.35. The highest BCUT2D eigenvalue weighted by molar-refractivity contribution is 14.0. The fraction of sp³-hybridized carbons (Fsp3) is 0.875. The molecule has 0 atom stereocenters. The zero-order valence-electron chi connectivity index (χ0n) is 15.9. The first kappa shape index (κ1) is 23.2. The Hall–Kier alpha value is -0.770. The SMILES string of the molecule is CCOC(=O)N1CCC(NC(=NC)NCC(C)(C)N(C)C)CC1.I. The molecule has 1 fully saturated rings. The minimum atomic E-state index is -0.207. The molecule has 142 valence electrons. The number of aliphatic imine (C=N–C) groups is 1. The Morgan fingerprint density at radius 3 is 2.38 bits per heavy atom. The molecule has 0 aromatic carbocycles. The van der Waals surface area contributed by atoms with Gasteiger partial charge in [0.05, 0.1) is 6.61 Å². The number of ether oxygens (including phenoxy) is 1. The number of nitrogens with zero attached hydrogens (tertiary/aromatic N) is 3. The largest absolute Gasteiger partial charge is 0.450 e. The van der Waals surface area contributed by atoms with E-state index >= 15 is 0 Å². The van der Waals surface area contributed by atoms with Crippen LogP contribution in [0.5, 0.6) is 0 Å². The molecular formula is C16H34IN5O2. The molecule has 0 aliphatic carbocycles. The quantitative estimate of drug-likeness (QED) is 0.376. The molecule has 0 aromatic rings. The second kappa shape index (κ2) is 11.0. The van der Waals surface area contributed by atoms with Crippen LogP contribution in [-0.2, 0) is 4.74 Å². The molecule has 0 spiro atoms. The van der Waals surface area contributed by atoms with Gasteiger partial charge in [-0.15, -0.1) is 24.0 Å². The number of rotatable bonds is 5. The third-order valence-corrected chi connectivity index (χ3v) is 4.48.